The Hall–Kier alpha value is -6.77. The second-order valence-corrected chi connectivity index (χ2v) is 15.0. The number of amidine groups is 1. The second kappa shape index (κ2) is 16.1. The predicted molar refractivity (Wildman–Crippen MR) is 252 cm³/mol. The zero-order valence-electron chi connectivity index (χ0n) is 31.4. The number of hydrogen-bond donors (Lipinski definition) is 0. The van der Waals surface area contributed by atoms with Crippen molar-refractivity contribution in [2.24, 2.45) is 9.98 Å². The molecule has 2 heterocycles. The number of pyridine rings is 1. The van der Waals surface area contributed by atoms with Crippen molar-refractivity contribution in [3.05, 3.63) is 200 Å². The molecular weight excluding hydrogens is 809 g/mol. The van der Waals surface area contributed by atoms with E-state index in [0.29, 0.717) is 5.84 Å². The van der Waals surface area contributed by atoms with Gasteiger partial charge in [0, 0.05) is 63.5 Å². The number of hydrogen-bond acceptors (Lipinski definition) is 3. The van der Waals surface area contributed by atoms with E-state index in [1.165, 1.54) is 38.5 Å². The Morgan fingerprint density at radius 1 is 0.596 bits per heavy atom. The molecule has 0 amide bonds. The van der Waals surface area contributed by atoms with Crippen LogP contribution in [0.25, 0.3) is 61.0 Å². The Morgan fingerprint density at radius 3 is 1.88 bits per heavy atom. The van der Waals surface area contributed by atoms with Crippen LogP contribution in [0.1, 0.15) is 5.56 Å². The van der Waals surface area contributed by atoms with Crippen LogP contribution in [0.4, 0.5) is 17.1 Å². The maximum absolute atomic E-state index is 4.60. The average molecular weight is 848 g/mol. The molecule has 9 aromatic rings. The van der Waals surface area contributed by atoms with Gasteiger partial charge in [-0.05, 0) is 108 Å². The molecular formula is C51H38IN5. The lowest BCUT2D eigenvalue weighted by atomic mass is 9.95. The van der Waals surface area contributed by atoms with Gasteiger partial charge in [0.25, 0.3) is 0 Å². The molecule has 0 aliphatic rings. The molecule has 0 spiro atoms. The van der Waals surface area contributed by atoms with Crippen LogP contribution in [0.3, 0.4) is 0 Å². The highest BCUT2D eigenvalue weighted by atomic mass is 127. The van der Waals surface area contributed by atoms with Crippen LogP contribution < -0.4 is 4.90 Å². The Morgan fingerprint density at radius 2 is 1.23 bits per heavy atom. The Kier molecular flexibility index (Phi) is 10.2. The van der Waals surface area contributed by atoms with Gasteiger partial charge in [0.05, 0.1) is 20.9 Å². The zero-order valence-corrected chi connectivity index (χ0v) is 33.5. The number of anilines is 3. The highest BCUT2D eigenvalue weighted by molar-refractivity contribution is 14.2. The van der Waals surface area contributed by atoms with E-state index in [-0.39, 0.29) is 20.7 Å². The molecule has 0 fully saturated rings. The van der Waals surface area contributed by atoms with Gasteiger partial charge in [-0.15, -0.1) is 0 Å². The predicted octanol–water partition coefficient (Wildman–Crippen LogP) is 13.5. The van der Waals surface area contributed by atoms with E-state index >= 15 is 0 Å². The molecule has 2 aromatic heterocycles. The quantitative estimate of drug-likeness (QED) is 0.0825. The summed E-state index contributed by atoms with van der Waals surface area (Å²) in [5.74, 6) is 0.703. The number of rotatable bonds is 9. The summed E-state index contributed by atoms with van der Waals surface area (Å²) in [5, 5.41) is 2.35. The molecule has 274 valence electrons. The van der Waals surface area contributed by atoms with Gasteiger partial charge in [-0.1, -0.05) is 122 Å². The molecule has 0 radical (unpaired) electrons. The summed E-state index contributed by atoms with van der Waals surface area (Å²) in [4.78, 5) is 16.0. The number of benzene rings is 7. The number of aromatic nitrogens is 2. The number of fused-ring (bicyclic) bond motifs is 3. The molecule has 5 nitrogen and oxygen atoms in total. The highest BCUT2D eigenvalue weighted by Crippen LogP contribution is 2.44. The van der Waals surface area contributed by atoms with Crippen LogP contribution >= 0.6 is 20.7 Å². The third kappa shape index (κ3) is 7.12. The summed E-state index contributed by atoms with van der Waals surface area (Å²) in [6, 6.07) is 66.9. The van der Waals surface area contributed by atoms with E-state index in [1.54, 1.807) is 7.05 Å². The molecule has 0 aliphatic heterocycles. The molecule has 0 aliphatic carbocycles. The first-order valence-electron chi connectivity index (χ1n) is 18.8. The smallest absolute Gasteiger partial charge is 0.154 e. The van der Waals surface area contributed by atoms with Crippen molar-refractivity contribution in [3.63, 3.8) is 0 Å². The summed E-state index contributed by atoms with van der Waals surface area (Å²) >= 11 is -0.333. The lowest BCUT2D eigenvalue weighted by Crippen LogP contribution is -2.10. The van der Waals surface area contributed by atoms with Crippen molar-refractivity contribution < 1.29 is 0 Å². The molecule has 57 heavy (non-hydrogen) atoms. The van der Waals surface area contributed by atoms with Crippen molar-refractivity contribution in [1.82, 2.24) is 9.55 Å². The van der Waals surface area contributed by atoms with E-state index in [1.807, 2.05) is 28.6 Å². The monoisotopic (exact) mass is 847 g/mol. The number of para-hydroxylation sites is 1. The molecule has 0 unspecified atom stereocenters. The van der Waals surface area contributed by atoms with Gasteiger partial charge in [-0.25, -0.2) is 4.99 Å². The van der Waals surface area contributed by atoms with Gasteiger partial charge in [-0.3, -0.25) is 9.98 Å². The van der Waals surface area contributed by atoms with Crippen molar-refractivity contribution in [2.75, 3.05) is 11.9 Å². The van der Waals surface area contributed by atoms with Crippen LogP contribution in [-0.4, -0.2) is 31.2 Å². The number of halogens is 1. The van der Waals surface area contributed by atoms with Gasteiger partial charge in [-0.2, -0.15) is 0 Å². The molecule has 0 saturated heterocycles. The molecule has 0 bridgehead atoms. The molecule has 9 rings (SSSR count). The summed E-state index contributed by atoms with van der Waals surface area (Å²) in [6.45, 7) is 0. The minimum atomic E-state index is -0.333. The van der Waals surface area contributed by atoms with Crippen LogP contribution in [-0.2, 0) is 0 Å². The minimum absolute atomic E-state index is 0.333. The Balaban J connectivity index is 1.29. The van der Waals surface area contributed by atoms with Crippen LogP contribution in [0.5, 0.6) is 0 Å². The topological polar surface area (TPSA) is 45.8 Å². The molecule has 7 aromatic carbocycles. The first-order chi connectivity index (χ1) is 28.2. The molecule has 0 atom stereocenters. The van der Waals surface area contributed by atoms with Gasteiger partial charge < -0.3 is 9.47 Å². The highest BCUT2D eigenvalue weighted by Gasteiger charge is 2.21. The van der Waals surface area contributed by atoms with Crippen LogP contribution in [0.2, 0.25) is 0 Å². The van der Waals surface area contributed by atoms with E-state index in [9.17, 15) is 0 Å². The van der Waals surface area contributed by atoms with Gasteiger partial charge >= 0.3 is 0 Å². The average Bonchev–Trinajstić information content (AvgIpc) is 3.62. The summed E-state index contributed by atoms with van der Waals surface area (Å²) in [6.07, 6.45) is 1.83. The lowest BCUT2D eigenvalue weighted by Gasteiger charge is -2.26. The lowest BCUT2D eigenvalue weighted by molar-refractivity contribution is 1.18. The first kappa shape index (κ1) is 35.9. The SMILES string of the molecule is C=IC=NC(=NC)c1ccc(N(c2ccc(-c3ccccn3)cc2)c2ccc3c(c2)c2cc(-c4ccccc4)cc(-c4ccccc4)c2n3-c2ccccc2)cc1. The van der Waals surface area contributed by atoms with Crippen molar-refractivity contribution >= 4 is 74.2 Å². The molecule has 6 heteroatoms. The van der Waals surface area contributed by atoms with E-state index in [0.717, 1.165) is 45.1 Å². The third-order valence-electron chi connectivity index (χ3n) is 10.2. The fourth-order valence-corrected chi connectivity index (χ4v) is 8.08. The second-order valence-electron chi connectivity index (χ2n) is 13.6. The molecule has 0 saturated carbocycles. The summed E-state index contributed by atoms with van der Waals surface area (Å²) < 4.78 is 8.33. The Labute approximate surface area is 342 Å². The van der Waals surface area contributed by atoms with E-state index in [4.69, 9.17) is 0 Å². The maximum atomic E-state index is 4.60. The van der Waals surface area contributed by atoms with Crippen molar-refractivity contribution in [1.29, 1.82) is 0 Å². The summed E-state index contributed by atoms with van der Waals surface area (Å²) in [5.41, 5.74) is 14.2. The largest absolute Gasteiger partial charge is 0.310 e. The fourth-order valence-electron chi connectivity index (χ4n) is 7.62. The zero-order chi connectivity index (χ0) is 38.6. The molecule has 0 N–H and O–H groups in total. The summed E-state index contributed by atoms with van der Waals surface area (Å²) in [7, 11) is 1.78. The van der Waals surface area contributed by atoms with Gasteiger partial charge in [0.15, 0.2) is 5.84 Å². The maximum Gasteiger partial charge on any atom is 0.154 e. The van der Waals surface area contributed by atoms with Crippen molar-refractivity contribution in [3.8, 4) is 39.2 Å². The van der Waals surface area contributed by atoms with Crippen molar-refractivity contribution in [2.45, 2.75) is 0 Å². The minimum Gasteiger partial charge on any atom is -0.310 e. The van der Waals surface area contributed by atoms with Gasteiger partial charge in [0.1, 0.15) is 0 Å². The number of aliphatic imine (C=N–C) groups is 2. The number of nitrogens with zero attached hydrogens (tertiary/aromatic N) is 5. The van der Waals surface area contributed by atoms with Crippen LogP contribution in [0.15, 0.2) is 204 Å². The normalized spacial score (nSPS) is 11.8. The third-order valence-corrected chi connectivity index (χ3v) is 10.9. The van der Waals surface area contributed by atoms with E-state index < -0.39 is 0 Å². The van der Waals surface area contributed by atoms with Gasteiger partial charge in [0.2, 0.25) is 0 Å². The van der Waals surface area contributed by atoms with E-state index in [2.05, 4.69) is 199 Å². The first-order valence-corrected chi connectivity index (χ1v) is 21.5. The van der Waals surface area contributed by atoms with Crippen LogP contribution in [0, 0.1) is 0 Å². The Bertz CT molecular complexity index is 2880. The standard InChI is InChI=1S/C51H38IN5/c1-52-35-55-51(53-2)39-23-27-43(28-24-39)56(42-25-21-38(22-26-42)48-20-12-13-31-54-48)44-29-30-49-46(34-44)47-33-40(36-14-6-3-7-15-36)32-45(37-16-8-4-9-17-37)50(47)57(49)41-18-10-5-11-19-41/h3-35H,1H2,2H3. The fraction of sp³-hybridized carbons (Fsp3) is 0.0196.